The van der Waals surface area contributed by atoms with Crippen LogP contribution in [0.15, 0.2) is 12.3 Å². The van der Waals surface area contributed by atoms with Crippen LogP contribution in [0.3, 0.4) is 0 Å². The summed E-state index contributed by atoms with van der Waals surface area (Å²) in [6.07, 6.45) is 1.04. The number of anilines is 1. The van der Waals surface area contributed by atoms with Crippen LogP contribution in [0.5, 0.6) is 5.75 Å². The molecule has 0 aromatic carbocycles. The Labute approximate surface area is 125 Å². The Kier molecular flexibility index (Phi) is 5.53. The average Bonchev–Trinajstić information content (AvgIpc) is 2.33. The molecule has 1 heterocycles. The van der Waals surface area contributed by atoms with Gasteiger partial charge in [-0.2, -0.15) is 5.26 Å². The second-order valence-corrected chi connectivity index (χ2v) is 5.84. The Morgan fingerprint density at radius 3 is 2.67 bits per heavy atom. The Balaban J connectivity index is 2.89. The van der Waals surface area contributed by atoms with E-state index in [0.717, 1.165) is 5.56 Å². The minimum atomic E-state index is -0.585. The number of nitrogens with one attached hydrogen (secondary N) is 1. The van der Waals surface area contributed by atoms with Crippen LogP contribution >= 0.6 is 0 Å². The summed E-state index contributed by atoms with van der Waals surface area (Å²) >= 11 is 0. The van der Waals surface area contributed by atoms with Gasteiger partial charge >= 0.3 is 6.09 Å². The largest absolute Gasteiger partial charge is 0.478 e. The van der Waals surface area contributed by atoms with Gasteiger partial charge in [0.1, 0.15) is 23.2 Å². The van der Waals surface area contributed by atoms with E-state index in [9.17, 15) is 4.79 Å². The van der Waals surface area contributed by atoms with Crippen LogP contribution in [-0.4, -0.2) is 23.3 Å². The van der Waals surface area contributed by atoms with Crippen molar-refractivity contribution in [3.8, 4) is 11.8 Å². The molecule has 1 aromatic rings. The summed E-state index contributed by atoms with van der Waals surface area (Å²) in [6.45, 7) is 9.28. The fraction of sp³-hybridized carbons (Fsp3) is 0.533. The first-order chi connectivity index (χ1) is 9.73. The van der Waals surface area contributed by atoms with Crippen molar-refractivity contribution in [3.63, 3.8) is 0 Å². The minimum absolute atomic E-state index is 0.0599. The first-order valence-corrected chi connectivity index (χ1v) is 6.72. The summed E-state index contributed by atoms with van der Waals surface area (Å²) in [5.74, 6) is 1.05. The molecule has 1 amide bonds. The minimum Gasteiger partial charge on any atom is -0.478 e. The van der Waals surface area contributed by atoms with Crippen molar-refractivity contribution in [1.29, 1.82) is 5.26 Å². The van der Waals surface area contributed by atoms with E-state index in [-0.39, 0.29) is 12.5 Å². The van der Waals surface area contributed by atoms with E-state index in [4.69, 9.17) is 14.7 Å². The highest BCUT2D eigenvalue weighted by molar-refractivity contribution is 5.83. The third-order valence-electron chi connectivity index (χ3n) is 2.44. The van der Waals surface area contributed by atoms with E-state index in [1.165, 1.54) is 0 Å². The van der Waals surface area contributed by atoms with Gasteiger partial charge in [0, 0.05) is 17.8 Å². The highest BCUT2D eigenvalue weighted by Crippen LogP contribution is 2.28. The predicted octanol–water partition coefficient (Wildman–Crippen LogP) is 3.45. The second kappa shape index (κ2) is 6.93. The lowest BCUT2D eigenvalue weighted by Crippen LogP contribution is -2.27. The van der Waals surface area contributed by atoms with Crippen molar-refractivity contribution in [2.45, 2.75) is 46.1 Å². The lowest BCUT2D eigenvalue weighted by molar-refractivity contribution is 0.0635. The van der Waals surface area contributed by atoms with Crippen molar-refractivity contribution in [1.82, 2.24) is 4.98 Å². The van der Waals surface area contributed by atoms with Crippen LogP contribution in [0.1, 0.15) is 46.1 Å². The van der Waals surface area contributed by atoms with Gasteiger partial charge in [0.05, 0.1) is 0 Å². The number of hydrogen-bond donors (Lipinski definition) is 1. The van der Waals surface area contributed by atoms with Crippen molar-refractivity contribution < 1.29 is 14.3 Å². The maximum Gasteiger partial charge on any atom is 0.413 e. The summed E-state index contributed by atoms with van der Waals surface area (Å²) in [4.78, 5) is 15.9. The summed E-state index contributed by atoms with van der Waals surface area (Å²) in [5.41, 5.74) is 0.294. The van der Waals surface area contributed by atoms with Gasteiger partial charge in [0.15, 0.2) is 6.61 Å². The number of pyridine rings is 1. The molecule has 0 saturated carbocycles. The van der Waals surface area contributed by atoms with Crippen LogP contribution in [0, 0.1) is 11.3 Å². The van der Waals surface area contributed by atoms with Gasteiger partial charge in [0.2, 0.25) is 0 Å². The molecule has 0 saturated heterocycles. The number of amides is 1. The average molecular weight is 291 g/mol. The zero-order valence-corrected chi connectivity index (χ0v) is 13.1. The van der Waals surface area contributed by atoms with Crippen LogP contribution < -0.4 is 10.1 Å². The highest BCUT2D eigenvalue weighted by Gasteiger charge is 2.17. The number of rotatable bonds is 4. The van der Waals surface area contributed by atoms with E-state index < -0.39 is 11.7 Å². The lowest BCUT2D eigenvalue weighted by atomic mass is 10.0. The van der Waals surface area contributed by atoms with Crippen molar-refractivity contribution >= 4 is 11.9 Å². The molecule has 0 radical (unpaired) electrons. The topological polar surface area (TPSA) is 84.2 Å². The first-order valence-electron chi connectivity index (χ1n) is 6.72. The van der Waals surface area contributed by atoms with Crippen LogP contribution in [0.2, 0.25) is 0 Å². The normalized spacial score (nSPS) is 10.9. The molecule has 0 fully saturated rings. The smallest absolute Gasteiger partial charge is 0.413 e. The summed E-state index contributed by atoms with van der Waals surface area (Å²) < 4.78 is 10.5. The third-order valence-corrected chi connectivity index (χ3v) is 2.44. The summed E-state index contributed by atoms with van der Waals surface area (Å²) in [6, 6.07) is 3.51. The van der Waals surface area contributed by atoms with E-state index >= 15 is 0 Å². The summed E-state index contributed by atoms with van der Waals surface area (Å²) in [7, 11) is 0. The van der Waals surface area contributed by atoms with Crippen LogP contribution in [-0.2, 0) is 4.74 Å². The molecular weight excluding hydrogens is 270 g/mol. The SMILES string of the molecule is CC(C)c1cnc(NC(=O)OC(C)(C)C)cc1OCC#N. The monoisotopic (exact) mass is 291 g/mol. The molecule has 0 spiro atoms. The van der Waals surface area contributed by atoms with E-state index in [2.05, 4.69) is 10.3 Å². The van der Waals surface area contributed by atoms with Gasteiger partial charge in [-0.1, -0.05) is 13.8 Å². The second-order valence-electron chi connectivity index (χ2n) is 5.84. The molecule has 21 heavy (non-hydrogen) atoms. The molecule has 0 aliphatic heterocycles. The predicted molar refractivity (Wildman–Crippen MR) is 79.3 cm³/mol. The van der Waals surface area contributed by atoms with E-state index in [1.54, 1.807) is 33.0 Å². The zero-order chi connectivity index (χ0) is 16.0. The first kappa shape index (κ1) is 16.8. The lowest BCUT2D eigenvalue weighted by Gasteiger charge is -2.20. The molecule has 1 aromatic heterocycles. The Hall–Kier alpha value is -2.29. The fourth-order valence-electron chi connectivity index (χ4n) is 1.59. The number of nitriles is 1. The number of aromatic nitrogens is 1. The molecule has 0 aliphatic rings. The number of carbonyl (C=O) groups excluding carboxylic acids is 1. The van der Waals surface area contributed by atoms with Crippen LogP contribution in [0.25, 0.3) is 0 Å². The van der Waals surface area contributed by atoms with Gasteiger partial charge in [-0.15, -0.1) is 0 Å². The van der Waals surface area contributed by atoms with Gasteiger partial charge in [-0.05, 0) is 26.7 Å². The molecule has 6 nitrogen and oxygen atoms in total. The maximum absolute atomic E-state index is 11.7. The van der Waals surface area contributed by atoms with Crippen LogP contribution in [0.4, 0.5) is 10.6 Å². The summed E-state index contributed by atoms with van der Waals surface area (Å²) in [5, 5.41) is 11.2. The molecule has 0 bridgehead atoms. The Bertz CT molecular complexity index is 542. The maximum atomic E-state index is 11.7. The number of nitrogens with zero attached hydrogens (tertiary/aromatic N) is 2. The van der Waals surface area contributed by atoms with E-state index in [1.807, 2.05) is 19.9 Å². The Morgan fingerprint density at radius 2 is 2.14 bits per heavy atom. The highest BCUT2D eigenvalue weighted by atomic mass is 16.6. The van der Waals surface area contributed by atoms with Crippen molar-refractivity contribution in [2.75, 3.05) is 11.9 Å². The van der Waals surface area contributed by atoms with Crippen molar-refractivity contribution in [2.24, 2.45) is 0 Å². The van der Waals surface area contributed by atoms with Crippen molar-refractivity contribution in [3.05, 3.63) is 17.8 Å². The molecular formula is C15H21N3O3. The van der Waals surface area contributed by atoms with E-state index in [0.29, 0.717) is 11.6 Å². The molecule has 0 aliphatic carbocycles. The van der Waals surface area contributed by atoms with Gasteiger partial charge in [-0.3, -0.25) is 5.32 Å². The van der Waals surface area contributed by atoms with Gasteiger partial charge in [0.25, 0.3) is 0 Å². The third kappa shape index (κ3) is 5.69. The van der Waals surface area contributed by atoms with Gasteiger partial charge < -0.3 is 9.47 Å². The molecule has 1 rings (SSSR count). The molecule has 0 atom stereocenters. The quantitative estimate of drug-likeness (QED) is 0.918. The fourth-order valence-corrected chi connectivity index (χ4v) is 1.59. The molecule has 1 N–H and O–H groups in total. The Morgan fingerprint density at radius 1 is 1.48 bits per heavy atom. The molecule has 114 valence electrons. The standard InChI is InChI=1S/C15H21N3O3/c1-10(2)11-9-17-13(8-12(11)20-7-6-16)18-14(19)21-15(3,4)5/h8-10H,7H2,1-5H3,(H,17,18,19). The number of hydrogen-bond acceptors (Lipinski definition) is 5. The zero-order valence-electron chi connectivity index (χ0n) is 13.1. The number of ether oxygens (including phenoxy) is 2. The molecule has 0 unspecified atom stereocenters. The number of carbonyl (C=O) groups is 1. The molecule has 6 heteroatoms. The van der Waals surface area contributed by atoms with Gasteiger partial charge in [-0.25, -0.2) is 9.78 Å².